The molecule has 0 aliphatic carbocycles. The fourth-order valence-electron chi connectivity index (χ4n) is 2.47. The number of carbonyl (C=O) groups excluding carboxylic acids is 2. The van der Waals surface area contributed by atoms with E-state index in [0.29, 0.717) is 16.8 Å². The molecule has 2 aromatic rings. The summed E-state index contributed by atoms with van der Waals surface area (Å²) in [5.74, 6) is -1.47. The molecule has 118 valence electrons. The van der Waals surface area contributed by atoms with Gasteiger partial charge in [0.15, 0.2) is 6.10 Å². The van der Waals surface area contributed by atoms with Crippen LogP contribution in [-0.4, -0.2) is 24.2 Å². The number of ether oxygens (including phenoxy) is 1. The lowest BCUT2D eigenvalue weighted by molar-refractivity contribution is -0.125. The van der Waals surface area contributed by atoms with Crippen molar-refractivity contribution in [3.05, 3.63) is 59.4 Å². The number of hydrogen-bond donors (Lipinski definition) is 1. The Morgan fingerprint density at radius 2 is 2.09 bits per heavy atom. The molecule has 3 rings (SSSR count). The Morgan fingerprint density at radius 1 is 1.30 bits per heavy atom. The first-order valence-corrected chi connectivity index (χ1v) is 8.24. The number of amides is 1. The van der Waals surface area contributed by atoms with Crippen LogP contribution in [0.5, 0.6) is 0 Å². The second-order valence-electron chi connectivity index (χ2n) is 5.09. The molecule has 1 N–H and O–H groups in total. The van der Waals surface area contributed by atoms with E-state index in [2.05, 4.69) is 5.32 Å². The number of rotatable bonds is 3. The average molecular weight is 331 g/mol. The second kappa shape index (κ2) is 6.42. The number of benzene rings is 2. The maximum absolute atomic E-state index is 13.3. The van der Waals surface area contributed by atoms with E-state index in [0.717, 1.165) is 4.90 Å². The van der Waals surface area contributed by atoms with Gasteiger partial charge in [-0.3, -0.25) is 4.79 Å². The topological polar surface area (TPSA) is 55.4 Å². The molecule has 0 radical (unpaired) electrons. The Morgan fingerprint density at radius 3 is 2.87 bits per heavy atom. The molecule has 1 atom stereocenters. The summed E-state index contributed by atoms with van der Waals surface area (Å²) >= 11 is 1.50. The monoisotopic (exact) mass is 331 g/mol. The Hall–Kier alpha value is -2.34. The van der Waals surface area contributed by atoms with E-state index < -0.39 is 23.8 Å². The first-order chi connectivity index (χ1) is 11.1. The molecular weight excluding hydrogens is 317 g/mol. The molecule has 0 aromatic heterocycles. The van der Waals surface area contributed by atoms with E-state index in [1.165, 1.54) is 30.0 Å². The molecule has 6 heteroatoms. The van der Waals surface area contributed by atoms with Crippen molar-refractivity contribution in [1.82, 2.24) is 0 Å². The molecule has 0 bridgehead atoms. The number of thioether (sulfide) groups is 1. The third-order valence-corrected chi connectivity index (χ3v) is 4.39. The van der Waals surface area contributed by atoms with Crippen LogP contribution in [0, 0.1) is 5.82 Å². The minimum atomic E-state index is -0.966. The van der Waals surface area contributed by atoms with Gasteiger partial charge < -0.3 is 10.1 Å². The molecule has 23 heavy (non-hydrogen) atoms. The molecule has 1 aliphatic rings. The lowest BCUT2D eigenvalue weighted by atomic mass is 9.98. The van der Waals surface area contributed by atoms with E-state index in [-0.39, 0.29) is 6.42 Å². The normalized spacial score (nSPS) is 16.4. The maximum Gasteiger partial charge on any atom is 0.339 e. The highest BCUT2D eigenvalue weighted by Gasteiger charge is 2.31. The Balaban J connectivity index is 1.80. The van der Waals surface area contributed by atoms with Gasteiger partial charge in [0.1, 0.15) is 5.82 Å². The minimum Gasteiger partial charge on any atom is -0.448 e. The minimum absolute atomic E-state index is 0.159. The zero-order valence-electron chi connectivity index (χ0n) is 12.3. The van der Waals surface area contributed by atoms with Gasteiger partial charge >= 0.3 is 5.97 Å². The summed E-state index contributed by atoms with van der Waals surface area (Å²) in [7, 11) is 0. The first kappa shape index (κ1) is 15.6. The third-order valence-electron chi connectivity index (χ3n) is 3.60. The molecule has 2 aromatic carbocycles. The van der Waals surface area contributed by atoms with Gasteiger partial charge in [-0.15, -0.1) is 11.8 Å². The van der Waals surface area contributed by atoms with E-state index in [1.807, 2.05) is 24.5 Å². The summed E-state index contributed by atoms with van der Waals surface area (Å²) < 4.78 is 18.5. The SMILES string of the molecule is CSc1ccccc1NC(=O)C1Cc2cc(F)ccc2C(=O)O1. The van der Waals surface area contributed by atoms with Gasteiger partial charge in [0.25, 0.3) is 5.91 Å². The molecule has 0 saturated heterocycles. The molecule has 1 aliphatic heterocycles. The Labute approximate surface area is 137 Å². The average Bonchev–Trinajstić information content (AvgIpc) is 2.54. The summed E-state index contributed by atoms with van der Waals surface area (Å²) in [4.78, 5) is 25.3. The van der Waals surface area contributed by atoms with Gasteiger partial charge in [-0.25, -0.2) is 9.18 Å². The number of hydrogen-bond acceptors (Lipinski definition) is 4. The first-order valence-electron chi connectivity index (χ1n) is 7.02. The number of nitrogens with one attached hydrogen (secondary N) is 1. The van der Waals surface area contributed by atoms with Crippen molar-refractivity contribution in [3.63, 3.8) is 0 Å². The number of fused-ring (bicyclic) bond motifs is 1. The molecule has 1 heterocycles. The largest absolute Gasteiger partial charge is 0.448 e. The lowest BCUT2D eigenvalue weighted by Gasteiger charge is -2.24. The van der Waals surface area contributed by atoms with E-state index in [9.17, 15) is 14.0 Å². The highest BCUT2D eigenvalue weighted by Crippen LogP contribution is 2.26. The van der Waals surface area contributed by atoms with Gasteiger partial charge in [0, 0.05) is 11.3 Å². The van der Waals surface area contributed by atoms with Gasteiger partial charge in [0.05, 0.1) is 11.3 Å². The van der Waals surface area contributed by atoms with Crippen molar-refractivity contribution in [2.45, 2.75) is 17.4 Å². The highest BCUT2D eigenvalue weighted by molar-refractivity contribution is 7.98. The fraction of sp³-hybridized carbons (Fsp3) is 0.176. The Bertz CT molecular complexity index is 778. The fourth-order valence-corrected chi connectivity index (χ4v) is 3.03. The summed E-state index contributed by atoms with van der Waals surface area (Å²) in [6.07, 6.45) is 1.10. The number of carbonyl (C=O) groups is 2. The summed E-state index contributed by atoms with van der Waals surface area (Å²) in [6.45, 7) is 0. The van der Waals surface area contributed by atoms with Crippen LogP contribution >= 0.6 is 11.8 Å². The molecule has 0 fully saturated rings. The van der Waals surface area contributed by atoms with E-state index in [1.54, 1.807) is 6.07 Å². The van der Waals surface area contributed by atoms with Crippen molar-refractivity contribution in [1.29, 1.82) is 0 Å². The van der Waals surface area contributed by atoms with Gasteiger partial charge in [-0.05, 0) is 42.2 Å². The zero-order chi connectivity index (χ0) is 16.4. The second-order valence-corrected chi connectivity index (χ2v) is 5.94. The molecule has 1 amide bonds. The van der Waals surface area contributed by atoms with Crippen molar-refractivity contribution in [3.8, 4) is 0 Å². The van der Waals surface area contributed by atoms with Crippen LogP contribution in [-0.2, 0) is 16.0 Å². The van der Waals surface area contributed by atoms with Crippen LogP contribution in [0.25, 0.3) is 0 Å². The van der Waals surface area contributed by atoms with Gasteiger partial charge in [-0.1, -0.05) is 12.1 Å². The van der Waals surface area contributed by atoms with Crippen LogP contribution in [0.2, 0.25) is 0 Å². The van der Waals surface area contributed by atoms with Crippen molar-refractivity contribution < 1.29 is 18.7 Å². The molecule has 1 unspecified atom stereocenters. The number of anilines is 1. The van der Waals surface area contributed by atoms with Crippen molar-refractivity contribution >= 4 is 29.3 Å². The molecular formula is C17H14FNO3S. The van der Waals surface area contributed by atoms with Crippen LogP contribution < -0.4 is 5.32 Å². The predicted octanol–water partition coefficient (Wildman–Crippen LogP) is 3.27. The van der Waals surface area contributed by atoms with E-state index >= 15 is 0 Å². The molecule has 0 saturated carbocycles. The van der Waals surface area contributed by atoms with Crippen molar-refractivity contribution in [2.24, 2.45) is 0 Å². The smallest absolute Gasteiger partial charge is 0.339 e. The zero-order valence-corrected chi connectivity index (χ0v) is 13.2. The number of cyclic esters (lactones) is 1. The number of esters is 1. The van der Waals surface area contributed by atoms with Gasteiger partial charge in [-0.2, -0.15) is 0 Å². The third kappa shape index (κ3) is 3.22. The summed E-state index contributed by atoms with van der Waals surface area (Å²) in [5.41, 5.74) is 1.45. The number of halogens is 1. The summed E-state index contributed by atoms with van der Waals surface area (Å²) in [5, 5.41) is 2.77. The highest BCUT2D eigenvalue weighted by atomic mass is 32.2. The standard InChI is InChI=1S/C17H14FNO3S/c1-23-15-5-3-2-4-13(15)19-16(20)14-9-10-8-11(18)6-7-12(10)17(21)22-14/h2-8,14H,9H2,1H3,(H,19,20). The quantitative estimate of drug-likeness (QED) is 0.693. The maximum atomic E-state index is 13.3. The van der Waals surface area contributed by atoms with Crippen LogP contribution in [0.4, 0.5) is 10.1 Å². The van der Waals surface area contributed by atoms with Crippen molar-refractivity contribution in [2.75, 3.05) is 11.6 Å². The van der Waals surface area contributed by atoms with Gasteiger partial charge in [0.2, 0.25) is 0 Å². The molecule has 0 spiro atoms. The Kier molecular flexibility index (Phi) is 4.34. The molecule has 4 nitrogen and oxygen atoms in total. The van der Waals surface area contributed by atoms with Crippen LogP contribution in [0.1, 0.15) is 15.9 Å². The predicted molar refractivity (Wildman–Crippen MR) is 86.2 cm³/mol. The lowest BCUT2D eigenvalue weighted by Crippen LogP contribution is -2.38. The summed E-state index contributed by atoms with van der Waals surface area (Å²) in [6, 6.07) is 11.2. The van der Waals surface area contributed by atoms with Crippen LogP contribution in [0.15, 0.2) is 47.4 Å². The van der Waals surface area contributed by atoms with Crippen LogP contribution in [0.3, 0.4) is 0 Å². The van der Waals surface area contributed by atoms with E-state index in [4.69, 9.17) is 4.74 Å². The number of para-hydroxylation sites is 1.